The Bertz CT molecular complexity index is 839. The maximum atomic E-state index is 13.2. The second kappa shape index (κ2) is 12.4. The number of benzene rings is 2. The lowest BCUT2D eigenvalue weighted by molar-refractivity contribution is -0.193. The SMILES string of the molecule is CON(C)C(=O)[C@H](OCc1ccccc1)[C@@H](CO[Si](C)(C)C(C)(C)C)OCc1ccccc1. The Balaban J connectivity index is 2.26. The number of nitrogens with zero attached hydrogens (tertiary/aromatic N) is 1. The minimum Gasteiger partial charge on any atom is -0.414 e. The van der Waals surface area contributed by atoms with Gasteiger partial charge >= 0.3 is 0 Å². The van der Waals surface area contributed by atoms with E-state index in [0.717, 1.165) is 11.1 Å². The van der Waals surface area contributed by atoms with Crippen LogP contribution < -0.4 is 0 Å². The molecule has 182 valence electrons. The van der Waals surface area contributed by atoms with Crippen molar-refractivity contribution in [1.29, 1.82) is 0 Å². The van der Waals surface area contributed by atoms with Gasteiger partial charge in [0.25, 0.3) is 5.91 Å². The minimum atomic E-state index is -2.07. The zero-order valence-corrected chi connectivity index (χ0v) is 22.0. The van der Waals surface area contributed by atoms with E-state index >= 15 is 0 Å². The highest BCUT2D eigenvalue weighted by Crippen LogP contribution is 2.36. The summed E-state index contributed by atoms with van der Waals surface area (Å²) in [4.78, 5) is 18.4. The lowest BCUT2D eigenvalue weighted by Gasteiger charge is -2.38. The van der Waals surface area contributed by atoms with E-state index in [9.17, 15) is 4.79 Å². The Kier molecular flexibility index (Phi) is 10.3. The van der Waals surface area contributed by atoms with Crippen LogP contribution in [0.2, 0.25) is 18.1 Å². The van der Waals surface area contributed by atoms with Crippen LogP contribution in [0.25, 0.3) is 0 Å². The Morgan fingerprint density at radius 3 is 1.85 bits per heavy atom. The average molecular weight is 474 g/mol. The van der Waals surface area contributed by atoms with Gasteiger partial charge in [0, 0.05) is 7.05 Å². The van der Waals surface area contributed by atoms with E-state index < -0.39 is 20.5 Å². The normalized spacial score (nSPS) is 14.0. The molecule has 2 atom stereocenters. The highest BCUT2D eigenvalue weighted by molar-refractivity contribution is 6.74. The van der Waals surface area contributed by atoms with Gasteiger partial charge in [0.2, 0.25) is 0 Å². The molecular formula is C26H39NO5Si. The van der Waals surface area contributed by atoms with Gasteiger partial charge in [-0.15, -0.1) is 0 Å². The Morgan fingerprint density at radius 1 is 0.909 bits per heavy atom. The molecule has 7 heteroatoms. The second-order valence-corrected chi connectivity index (χ2v) is 14.5. The summed E-state index contributed by atoms with van der Waals surface area (Å²) in [6.45, 7) is 11.8. The maximum absolute atomic E-state index is 13.2. The zero-order valence-electron chi connectivity index (χ0n) is 21.0. The molecule has 0 fully saturated rings. The van der Waals surface area contributed by atoms with Crippen LogP contribution >= 0.6 is 0 Å². The van der Waals surface area contributed by atoms with E-state index in [2.05, 4.69) is 33.9 Å². The van der Waals surface area contributed by atoms with E-state index in [-0.39, 0.29) is 24.2 Å². The molecule has 1 amide bonds. The van der Waals surface area contributed by atoms with Gasteiger partial charge in [-0.2, -0.15) is 0 Å². The topological polar surface area (TPSA) is 57.2 Å². The predicted octanol–water partition coefficient (Wildman–Crippen LogP) is 5.20. The van der Waals surface area contributed by atoms with Crippen LogP contribution in [0.1, 0.15) is 31.9 Å². The molecule has 0 aliphatic rings. The molecule has 2 aromatic rings. The summed E-state index contributed by atoms with van der Waals surface area (Å²) in [5.74, 6) is -0.315. The van der Waals surface area contributed by atoms with Crippen molar-refractivity contribution in [3.05, 3.63) is 71.8 Å². The van der Waals surface area contributed by atoms with Crippen LogP contribution in [0.4, 0.5) is 0 Å². The summed E-state index contributed by atoms with van der Waals surface area (Å²) < 4.78 is 18.9. The van der Waals surface area contributed by atoms with Crippen molar-refractivity contribution in [1.82, 2.24) is 5.06 Å². The van der Waals surface area contributed by atoms with Gasteiger partial charge in [-0.05, 0) is 29.3 Å². The molecule has 0 saturated carbocycles. The Hall–Kier alpha value is -2.03. The Morgan fingerprint density at radius 2 is 1.39 bits per heavy atom. The molecule has 0 spiro atoms. The highest BCUT2D eigenvalue weighted by atomic mass is 28.4. The maximum Gasteiger partial charge on any atom is 0.277 e. The number of hydrogen-bond donors (Lipinski definition) is 0. The number of rotatable bonds is 12. The van der Waals surface area contributed by atoms with Gasteiger partial charge in [0.1, 0.15) is 6.10 Å². The third kappa shape index (κ3) is 8.35. The molecular weight excluding hydrogens is 434 g/mol. The van der Waals surface area contributed by atoms with Crippen molar-refractivity contribution in [2.24, 2.45) is 0 Å². The van der Waals surface area contributed by atoms with Crippen LogP contribution in [0.15, 0.2) is 60.7 Å². The summed E-state index contributed by atoms with van der Waals surface area (Å²) >= 11 is 0. The molecule has 0 N–H and O–H groups in total. The van der Waals surface area contributed by atoms with Gasteiger partial charge < -0.3 is 13.9 Å². The fraction of sp³-hybridized carbons (Fsp3) is 0.500. The predicted molar refractivity (Wildman–Crippen MR) is 133 cm³/mol. The van der Waals surface area contributed by atoms with Crippen LogP contribution in [0, 0.1) is 0 Å². The number of ether oxygens (including phenoxy) is 2. The third-order valence-electron chi connectivity index (χ3n) is 6.16. The fourth-order valence-electron chi connectivity index (χ4n) is 2.87. The van der Waals surface area contributed by atoms with E-state index in [1.54, 1.807) is 7.05 Å². The van der Waals surface area contributed by atoms with E-state index in [1.165, 1.54) is 12.2 Å². The summed E-state index contributed by atoms with van der Waals surface area (Å²) in [6.07, 6.45) is -1.49. The third-order valence-corrected chi connectivity index (χ3v) is 10.7. The first-order valence-corrected chi connectivity index (χ1v) is 14.2. The van der Waals surface area contributed by atoms with Crippen LogP contribution in [0.5, 0.6) is 0 Å². The number of hydroxylamine groups is 2. The van der Waals surface area contributed by atoms with Crippen LogP contribution in [-0.4, -0.2) is 52.3 Å². The van der Waals surface area contributed by atoms with Crippen molar-refractivity contribution in [3.8, 4) is 0 Å². The second-order valence-electron chi connectivity index (χ2n) is 9.64. The van der Waals surface area contributed by atoms with Gasteiger partial charge in [-0.3, -0.25) is 9.63 Å². The van der Waals surface area contributed by atoms with Crippen LogP contribution in [0.3, 0.4) is 0 Å². The molecule has 0 aliphatic heterocycles. The Labute approximate surface area is 199 Å². The number of carbonyl (C=O) groups excluding carboxylic acids is 1. The van der Waals surface area contributed by atoms with Gasteiger partial charge in [-0.1, -0.05) is 81.4 Å². The molecule has 0 bridgehead atoms. The van der Waals surface area contributed by atoms with E-state index in [1.807, 2.05) is 60.7 Å². The molecule has 0 heterocycles. The average Bonchev–Trinajstić information content (AvgIpc) is 2.80. The summed E-state index contributed by atoms with van der Waals surface area (Å²) in [7, 11) is 0.959. The minimum absolute atomic E-state index is 0.0324. The highest BCUT2D eigenvalue weighted by Gasteiger charge is 2.40. The first-order valence-electron chi connectivity index (χ1n) is 11.3. The van der Waals surface area contributed by atoms with Crippen molar-refractivity contribution in [3.63, 3.8) is 0 Å². The summed E-state index contributed by atoms with van der Waals surface area (Å²) in [5, 5.41) is 1.21. The molecule has 0 aromatic heterocycles. The molecule has 0 saturated heterocycles. The van der Waals surface area contributed by atoms with Crippen LogP contribution in [-0.2, 0) is 36.7 Å². The molecule has 0 unspecified atom stereocenters. The number of amides is 1. The molecule has 6 nitrogen and oxygen atoms in total. The van der Waals surface area contributed by atoms with E-state index in [4.69, 9.17) is 18.7 Å². The number of carbonyl (C=O) groups is 1. The summed E-state index contributed by atoms with van der Waals surface area (Å²) in [6, 6.07) is 19.7. The number of likely N-dealkylation sites (N-methyl/N-ethyl adjacent to an activating group) is 1. The smallest absolute Gasteiger partial charge is 0.277 e. The lowest BCUT2D eigenvalue weighted by Crippen LogP contribution is -2.50. The van der Waals surface area contributed by atoms with Gasteiger partial charge in [0.05, 0.1) is 26.9 Å². The first kappa shape index (κ1) is 27.2. The summed E-state index contributed by atoms with van der Waals surface area (Å²) in [5.41, 5.74) is 1.99. The fourth-order valence-corrected chi connectivity index (χ4v) is 3.89. The van der Waals surface area contributed by atoms with Gasteiger partial charge in [0.15, 0.2) is 14.4 Å². The van der Waals surface area contributed by atoms with Crippen molar-refractivity contribution in [2.75, 3.05) is 20.8 Å². The molecule has 0 aliphatic carbocycles. The number of hydrogen-bond acceptors (Lipinski definition) is 5. The quantitative estimate of drug-likeness (QED) is 0.313. The monoisotopic (exact) mass is 473 g/mol. The largest absolute Gasteiger partial charge is 0.414 e. The van der Waals surface area contributed by atoms with E-state index in [0.29, 0.717) is 6.61 Å². The molecule has 2 aromatic carbocycles. The van der Waals surface area contributed by atoms with Crippen molar-refractivity contribution < 1.29 is 23.5 Å². The first-order chi connectivity index (χ1) is 15.5. The van der Waals surface area contributed by atoms with Crippen molar-refractivity contribution in [2.45, 2.75) is 64.3 Å². The molecule has 2 rings (SSSR count). The molecule has 0 radical (unpaired) electrons. The lowest BCUT2D eigenvalue weighted by atomic mass is 10.1. The van der Waals surface area contributed by atoms with Crippen molar-refractivity contribution >= 4 is 14.2 Å². The zero-order chi connectivity index (χ0) is 24.5. The molecule has 33 heavy (non-hydrogen) atoms. The van der Waals surface area contributed by atoms with Gasteiger partial charge in [-0.25, -0.2) is 5.06 Å². The standard InChI is InChI=1S/C26H39NO5Si/c1-26(2,3)33(6,7)32-20-23(30-18-21-14-10-8-11-15-21)24(25(28)27(4)29-5)31-19-22-16-12-9-13-17-22/h8-17,23-24H,18-20H2,1-7H3/t23-,24-/m1/s1.